The molecule has 2 unspecified atom stereocenters. The van der Waals surface area contributed by atoms with E-state index in [-0.39, 0.29) is 12.2 Å². The monoisotopic (exact) mass is 268 g/mol. The Kier molecular flexibility index (Phi) is 9.19. The average Bonchev–Trinajstić information content (AvgIpc) is 2.45. The van der Waals surface area contributed by atoms with Gasteiger partial charge in [0.2, 0.25) is 0 Å². The van der Waals surface area contributed by atoms with Crippen molar-refractivity contribution in [2.75, 3.05) is 6.61 Å². The van der Waals surface area contributed by atoms with Crippen LogP contribution in [-0.2, 0) is 4.74 Å². The number of rotatable bonds is 10. The second kappa shape index (κ2) is 10.4. The lowest BCUT2D eigenvalue weighted by atomic mass is 9.82. The van der Waals surface area contributed by atoms with Crippen molar-refractivity contribution in [2.24, 2.45) is 5.92 Å². The third-order valence-corrected chi connectivity index (χ3v) is 4.26. The van der Waals surface area contributed by atoms with Gasteiger partial charge in [-0.15, -0.1) is 6.58 Å². The predicted octanol–water partition coefficient (Wildman–Crippen LogP) is 4.47. The molecule has 0 spiro atoms. The summed E-state index contributed by atoms with van der Waals surface area (Å²) in [5, 5.41) is 10.4. The number of ether oxygens (including phenoxy) is 1. The highest BCUT2D eigenvalue weighted by Gasteiger charge is 2.29. The minimum atomic E-state index is -0.271. The molecule has 2 heteroatoms. The minimum absolute atomic E-state index is 0.0738. The molecule has 1 aliphatic carbocycles. The van der Waals surface area contributed by atoms with E-state index in [1.54, 1.807) is 0 Å². The van der Waals surface area contributed by atoms with Gasteiger partial charge in [-0.25, -0.2) is 0 Å². The van der Waals surface area contributed by atoms with Crippen molar-refractivity contribution in [3.8, 4) is 0 Å². The van der Waals surface area contributed by atoms with Gasteiger partial charge in [0.15, 0.2) is 0 Å². The van der Waals surface area contributed by atoms with E-state index in [0.29, 0.717) is 12.5 Å². The van der Waals surface area contributed by atoms with Crippen LogP contribution in [-0.4, -0.2) is 23.9 Å². The molecule has 0 saturated heterocycles. The Balaban J connectivity index is 2.29. The molecule has 19 heavy (non-hydrogen) atoms. The van der Waals surface area contributed by atoms with Gasteiger partial charge in [-0.2, -0.15) is 0 Å². The number of hydrogen-bond acceptors (Lipinski definition) is 2. The molecule has 0 heterocycles. The van der Waals surface area contributed by atoms with Crippen LogP contribution in [0.2, 0.25) is 0 Å². The van der Waals surface area contributed by atoms with E-state index in [9.17, 15) is 5.11 Å². The molecule has 0 aromatic heterocycles. The summed E-state index contributed by atoms with van der Waals surface area (Å²) in [6, 6.07) is 0. The zero-order valence-electron chi connectivity index (χ0n) is 12.7. The Hall–Kier alpha value is -0.340. The molecule has 1 N–H and O–H groups in total. The summed E-state index contributed by atoms with van der Waals surface area (Å²) in [5.41, 5.74) is 0. The van der Waals surface area contributed by atoms with Crippen LogP contribution < -0.4 is 0 Å². The van der Waals surface area contributed by atoms with Crippen molar-refractivity contribution in [2.45, 2.75) is 83.3 Å². The molecule has 1 rings (SSSR count). The molecule has 1 aliphatic rings. The van der Waals surface area contributed by atoms with Crippen LogP contribution in [0.3, 0.4) is 0 Å². The SMILES string of the molecule is C=CCCCCCC(O)C(OCC)C1CCCCC1. The van der Waals surface area contributed by atoms with E-state index in [1.165, 1.54) is 44.9 Å². The molecule has 112 valence electrons. The zero-order chi connectivity index (χ0) is 13.9. The maximum atomic E-state index is 10.4. The summed E-state index contributed by atoms with van der Waals surface area (Å²) in [4.78, 5) is 0. The predicted molar refractivity (Wildman–Crippen MR) is 81.3 cm³/mol. The van der Waals surface area contributed by atoms with Gasteiger partial charge in [0.1, 0.15) is 0 Å². The van der Waals surface area contributed by atoms with Crippen molar-refractivity contribution in [1.82, 2.24) is 0 Å². The van der Waals surface area contributed by atoms with Crippen molar-refractivity contribution in [3.05, 3.63) is 12.7 Å². The Morgan fingerprint density at radius 1 is 1.21 bits per heavy atom. The lowest BCUT2D eigenvalue weighted by molar-refractivity contribution is -0.0752. The fourth-order valence-corrected chi connectivity index (χ4v) is 3.20. The van der Waals surface area contributed by atoms with Crippen molar-refractivity contribution in [3.63, 3.8) is 0 Å². The molecule has 0 bridgehead atoms. The summed E-state index contributed by atoms with van der Waals surface area (Å²) in [5.74, 6) is 0.580. The van der Waals surface area contributed by atoms with Gasteiger partial charge in [0.05, 0.1) is 12.2 Å². The standard InChI is InChI=1S/C17H32O2/c1-3-5-6-7-11-14-16(18)17(19-4-2)15-12-9-8-10-13-15/h3,15-18H,1,4-14H2,2H3. The number of aliphatic hydroxyl groups is 1. The smallest absolute Gasteiger partial charge is 0.0861 e. The first-order chi connectivity index (χ1) is 9.29. The van der Waals surface area contributed by atoms with E-state index in [4.69, 9.17) is 4.74 Å². The second-order valence-corrected chi connectivity index (χ2v) is 5.81. The van der Waals surface area contributed by atoms with Crippen LogP contribution in [0.15, 0.2) is 12.7 Å². The number of unbranched alkanes of at least 4 members (excludes halogenated alkanes) is 3. The molecule has 1 saturated carbocycles. The van der Waals surface area contributed by atoms with E-state index in [1.807, 2.05) is 13.0 Å². The molecule has 0 radical (unpaired) electrons. The van der Waals surface area contributed by atoms with Crippen molar-refractivity contribution >= 4 is 0 Å². The summed E-state index contributed by atoms with van der Waals surface area (Å²) in [6.07, 6.45) is 13.7. The van der Waals surface area contributed by atoms with Crippen molar-refractivity contribution in [1.29, 1.82) is 0 Å². The van der Waals surface area contributed by atoms with Crippen LogP contribution >= 0.6 is 0 Å². The van der Waals surface area contributed by atoms with Gasteiger partial charge in [0.25, 0.3) is 0 Å². The highest BCUT2D eigenvalue weighted by Crippen LogP contribution is 2.30. The molecule has 0 aromatic rings. The first-order valence-electron chi connectivity index (χ1n) is 8.20. The Morgan fingerprint density at radius 2 is 1.95 bits per heavy atom. The van der Waals surface area contributed by atoms with Crippen LogP contribution in [0.25, 0.3) is 0 Å². The van der Waals surface area contributed by atoms with Gasteiger partial charge in [-0.1, -0.05) is 38.2 Å². The molecule has 0 aliphatic heterocycles. The average molecular weight is 268 g/mol. The summed E-state index contributed by atoms with van der Waals surface area (Å²) in [7, 11) is 0. The van der Waals surface area contributed by atoms with E-state index >= 15 is 0 Å². The quantitative estimate of drug-likeness (QED) is 0.468. The van der Waals surface area contributed by atoms with Crippen LogP contribution in [0.1, 0.15) is 71.1 Å². The largest absolute Gasteiger partial charge is 0.390 e. The summed E-state index contributed by atoms with van der Waals surface area (Å²) >= 11 is 0. The number of aliphatic hydroxyl groups excluding tert-OH is 1. The lowest BCUT2D eigenvalue weighted by Crippen LogP contribution is -2.37. The third kappa shape index (κ3) is 6.58. The zero-order valence-corrected chi connectivity index (χ0v) is 12.7. The second-order valence-electron chi connectivity index (χ2n) is 5.81. The summed E-state index contributed by atoms with van der Waals surface area (Å²) < 4.78 is 5.86. The number of allylic oxidation sites excluding steroid dienone is 1. The first-order valence-corrected chi connectivity index (χ1v) is 8.20. The van der Waals surface area contributed by atoms with Gasteiger partial charge >= 0.3 is 0 Å². The molecule has 2 nitrogen and oxygen atoms in total. The Morgan fingerprint density at radius 3 is 2.58 bits per heavy atom. The summed E-state index contributed by atoms with van der Waals surface area (Å²) in [6.45, 7) is 6.49. The molecular formula is C17H32O2. The Bertz CT molecular complexity index is 221. The van der Waals surface area contributed by atoms with E-state index < -0.39 is 0 Å². The third-order valence-electron chi connectivity index (χ3n) is 4.26. The normalized spacial score (nSPS) is 20.1. The maximum Gasteiger partial charge on any atom is 0.0861 e. The van der Waals surface area contributed by atoms with E-state index in [0.717, 1.165) is 19.3 Å². The van der Waals surface area contributed by atoms with Gasteiger partial charge in [-0.05, 0) is 44.9 Å². The number of hydrogen-bond donors (Lipinski definition) is 1. The topological polar surface area (TPSA) is 29.5 Å². The highest BCUT2D eigenvalue weighted by molar-refractivity contribution is 4.80. The molecule has 1 fully saturated rings. The fourth-order valence-electron chi connectivity index (χ4n) is 3.20. The van der Waals surface area contributed by atoms with Gasteiger partial charge < -0.3 is 9.84 Å². The molecule has 2 atom stereocenters. The van der Waals surface area contributed by atoms with Gasteiger partial charge in [-0.3, -0.25) is 0 Å². The molecule has 0 aromatic carbocycles. The maximum absolute atomic E-state index is 10.4. The molecular weight excluding hydrogens is 236 g/mol. The fraction of sp³-hybridized carbons (Fsp3) is 0.882. The van der Waals surface area contributed by atoms with Crippen molar-refractivity contribution < 1.29 is 9.84 Å². The van der Waals surface area contributed by atoms with Crippen LogP contribution in [0.5, 0.6) is 0 Å². The van der Waals surface area contributed by atoms with Gasteiger partial charge in [0, 0.05) is 6.61 Å². The Labute approximate surface area is 119 Å². The van der Waals surface area contributed by atoms with Crippen LogP contribution in [0.4, 0.5) is 0 Å². The lowest BCUT2D eigenvalue weighted by Gasteiger charge is -2.33. The van der Waals surface area contributed by atoms with Crippen LogP contribution in [0, 0.1) is 5.92 Å². The molecule has 0 amide bonds. The minimum Gasteiger partial charge on any atom is -0.390 e. The van der Waals surface area contributed by atoms with E-state index in [2.05, 4.69) is 6.58 Å². The first kappa shape index (κ1) is 16.7. The highest BCUT2D eigenvalue weighted by atomic mass is 16.5.